The minimum atomic E-state index is -0.650. The average Bonchev–Trinajstić information content (AvgIpc) is 3.37. The number of anilines is 1. The molecule has 1 fully saturated rings. The van der Waals surface area contributed by atoms with Gasteiger partial charge in [-0.1, -0.05) is 13.0 Å². The number of ether oxygens (including phenoxy) is 2. The lowest BCUT2D eigenvalue weighted by atomic mass is 10.1. The molecule has 184 valence electrons. The molecule has 3 heterocycles. The molecule has 0 aliphatic carbocycles. The number of pyridine rings is 1. The molecule has 1 atom stereocenters. The van der Waals surface area contributed by atoms with Crippen LogP contribution in [0.15, 0.2) is 18.2 Å². The van der Waals surface area contributed by atoms with Gasteiger partial charge < -0.3 is 19.5 Å². The zero-order chi connectivity index (χ0) is 24.0. The minimum Gasteiger partial charge on any atom is -0.461 e. The van der Waals surface area contributed by atoms with Crippen molar-refractivity contribution in [2.75, 3.05) is 55.7 Å². The quantitative estimate of drug-likeness (QED) is 0.392. The first-order chi connectivity index (χ1) is 15.7. The van der Waals surface area contributed by atoms with Crippen LogP contribution in [0.5, 0.6) is 0 Å². The molecule has 33 heavy (non-hydrogen) atoms. The number of esters is 1. The van der Waals surface area contributed by atoms with Gasteiger partial charge in [0.2, 0.25) is 0 Å². The molecule has 0 saturated carbocycles. The monoisotopic (exact) mass is 478 g/mol. The number of carbonyl (C=O) groups excluding carboxylic acids is 1. The molecular formula is C24H38N4O4S. The van der Waals surface area contributed by atoms with Crippen LogP contribution in [0.1, 0.15) is 47.7 Å². The second kappa shape index (κ2) is 11.4. The van der Waals surface area contributed by atoms with Crippen LogP contribution in [0.3, 0.4) is 0 Å². The van der Waals surface area contributed by atoms with E-state index in [4.69, 9.17) is 14.5 Å². The second-order valence-electron chi connectivity index (χ2n) is 9.52. The minimum absolute atomic E-state index is 0.143. The van der Waals surface area contributed by atoms with Gasteiger partial charge in [-0.25, -0.2) is 24.5 Å². The third kappa shape index (κ3) is 7.19. The van der Waals surface area contributed by atoms with Crippen LogP contribution in [0.2, 0.25) is 0 Å². The highest BCUT2D eigenvalue weighted by molar-refractivity contribution is 8.32. The third-order valence-corrected chi connectivity index (χ3v) is 7.08. The van der Waals surface area contributed by atoms with Crippen molar-refractivity contribution >= 4 is 21.8 Å². The smallest absolute Gasteiger partial charge is 0.356 e. The molecule has 0 aromatic carbocycles. The number of aromatic nitrogens is 3. The maximum absolute atomic E-state index is 12.5. The molecule has 0 amide bonds. The van der Waals surface area contributed by atoms with Gasteiger partial charge in [0, 0.05) is 25.3 Å². The zero-order valence-electron chi connectivity index (χ0n) is 20.5. The number of nitrogens with zero attached hydrogens (tertiary/aromatic N) is 4. The van der Waals surface area contributed by atoms with Crippen molar-refractivity contribution in [3.05, 3.63) is 40.8 Å². The topological polar surface area (TPSA) is 89.7 Å². The fourth-order valence-electron chi connectivity index (χ4n) is 3.82. The highest BCUT2D eigenvalue weighted by Gasteiger charge is 2.22. The lowest BCUT2D eigenvalue weighted by Crippen LogP contribution is -2.21. The fraction of sp³-hybridized carbons (Fsp3) is 0.625. The third-order valence-electron chi connectivity index (χ3n) is 5.69. The predicted octanol–water partition coefficient (Wildman–Crippen LogP) is 3.05. The van der Waals surface area contributed by atoms with Crippen LogP contribution in [0.4, 0.5) is 5.82 Å². The van der Waals surface area contributed by atoms with Gasteiger partial charge in [0.05, 0.1) is 31.2 Å². The number of aliphatic hydroxyl groups is 1. The van der Waals surface area contributed by atoms with Crippen molar-refractivity contribution in [3.63, 3.8) is 0 Å². The summed E-state index contributed by atoms with van der Waals surface area (Å²) in [5.74, 6) is 2.13. The van der Waals surface area contributed by atoms with Crippen molar-refractivity contribution in [2.24, 2.45) is 5.92 Å². The summed E-state index contributed by atoms with van der Waals surface area (Å²) in [6, 6.07) is 5.75. The standard InChI is InChI=1S/C24H38N4O4S/c1-6-32-24(30)22-14-20(26-28(22)17-31-11-12-33(3,4)5)13-19-7-8-23(25-21(19)16-29)27-10-9-18(2)15-27/h7-8,14,18,29H,6,9-13,15-17H2,1-5H3. The van der Waals surface area contributed by atoms with Crippen molar-refractivity contribution in [2.45, 2.75) is 40.0 Å². The first kappa shape index (κ1) is 25.5. The number of carbonyl (C=O) groups is 1. The van der Waals surface area contributed by atoms with E-state index in [-0.39, 0.29) is 13.3 Å². The lowest BCUT2D eigenvalue weighted by Gasteiger charge is -2.24. The summed E-state index contributed by atoms with van der Waals surface area (Å²) in [5.41, 5.74) is 2.62. The van der Waals surface area contributed by atoms with Gasteiger partial charge in [-0.2, -0.15) is 5.10 Å². The lowest BCUT2D eigenvalue weighted by molar-refractivity contribution is 0.0458. The number of rotatable bonds is 11. The largest absolute Gasteiger partial charge is 0.461 e. The van der Waals surface area contributed by atoms with Gasteiger partial charge >= 0.3 is 5.97 Å². The molecule has 2 aromatic heterocycles. The molecule has 1 unspecified atom stereocenters. The molecule has 0 bridgehead atoms. The Kier molecular flexibility index (Phi) is 8.78. The van der Waals surface area contributed by atoms with Gasteiger partial charge in [-0.05, 0) is 55.7 Å². The molecule has 1 aliphatic heterocycles. The van der Waals surface area contributed by atoms with Gasteiger partial charge in [-0.15, -0.1) is 0 Å². The summed E-state index contributed by atoms with van der Waals surface area (Å²) in [6.07, 6.45) is 8.36. The van der Waals surface area contributed by atoms with Crippen LogP contribution in [-0.2, 0) is 29.2 Å². The first-order valence-electron chi connectivity index (χ1n) is 11.5. The van der Waals surface area contributed by atoms with Crippen LogP contribution in [-0.4, -0.2) is 76.7 Å². The summed E-state index contributed by atoms with van der Waals surface area (Å²) in [5, 5.41) is 14.5. The maximum Gasteiger partial charge on any atom is 0.356 e. The van der Waals surface area contributed by atoms with Gasteiger partial charge in [0.15, 0.2) is 0 Å². The Morgan fingerprint density at radius 3 is 2.73 bits per heavy atom. The van der Waals surface area contributed by atoms with Crippen LogP contribution < -0.4 is 4.90 Å². The molecule has 0 spiro atoms. The van der Waals surface area contributed by atoms with Gasteiger partial charge in [0.25, 0.3) is 0 Å². The van der Waals surface area contributed by atoms with E-state index >= 15 is 0 Å². The van der Waals surface area contributed by atoms with Crippen molar-refractivity contribution < 1.29 is 19.4 Å². The number of aliphatic hydroxyl groups excluding tert-OH is 1. The van der Waals surface area contributed by atoms with E-state index in [0.29, 0.717) is 42.6 Å². The van der Waals surface area contributed by atoms with Gasteiger partial charge in [-0.3, -0.25) is 0 Å². The molecule has 9 heteroatoms. The number of hydrogen-bond acceptors (Lipinski definition) is 7. The maximum atomic E-state index is 12.5. The molecule has 8 nitrogen and oxygen atoms in total. The Labute approximate surface area is 198 Å². The Balaban J connectivity index is 1.76. The highest BCUT2D eigenvalue weighted by Crippen LogP contribution is 2.33. The van der Waals surface area contributed by atoms with E-state index in [1.165, 1.54) is 0 Å². The van der Waals surface area contributed by atoms with Crippen molar-refractivity contribution in [1.29, 1.82) is 0 Å². The normalized spacial score (nSPS) is 16.9. The summed E-state index contributed by atoms with van der Waals surface area (Å²) in [4.78, 5) is 19.4. The Morgan fingerprint density at radius 2 is 2.09 bits per heavy atom. The SMILES string of the molecule is CCOC(=O)c1cc(Cc2ccc(N3CCC(C)C3)nc2CO)nn1COCCS(C)(C)C. The molecule has 2 aromatic rings. The summed E-state index contributed by atoms with van der Waals surface area (Å²) in [7, 11) is -0.650. The molecule has 1 aliphatic rings. The van der Waals surface area contributed by atoms with E-state index in [0.717, 1.165) is 36.6 Å². The predicted molar refractivity (Wildman–Crippen MR) is 133 cm³/mol. The number of hydrogen-bond donors (Lipinski definition) is 1. The van der Waals surface area contributed by atoms with Crippen LogP contribution >= 0.6 is 10.0 Å². The summed E-state index contributed by atoms with van der Waals surface area (Å²) < 4.78 is 12.6. The van der Waals surface area contributed by atoms with Crippen molar-refractivity contribution in [1.82, 2.24) is 14.8 Å². The molecule has 1 N–H and O–H groups in total. The summed E-state index contributed by atoms with van der Waals surface area (Å²) in [6.45, 7) is 6.96. The van der Waals surface area contributed by atoms with E-state index in [1.807, 2.05) is 12.1 Å². The fourth-order valence-corrected chi connectivity index (χ4v) is 4.43. The Bertz CT molecular complexity index is 941. The van der Waals surface area contributed by atoms with E-state index in [1.54, 1.807) is 17.7 Å². The Morgan fingerprint density at radius 1 is 1.30 bits per heavy atom. The van der Waals surface area contributed by atoms with E-state index in [2.05, 4.69) is 35.7 Å². The van der Waals surface area contributed by atoms with Crippen LogP contribution in [0.25, 0.3) is 0 Å². The molecular weight excluding hydrogens is 440 g/mol. The van der Waals surface area contributed by atoms with E-state index in [9.17, 15) is 9.90 Å². The Hall–Kier alpha value is -2.10. The van der Waals surface area contributed by atoms with Crippen LogP contribution in [0, 0.1) is 5.92 Å². The van der Waals surface area contributed by atoms with E-state index < -0.39 is 16.0 Å². The molecule has 3 rings (SSSR count). The second-order valence-corrected chi connectivity index (χ2v) is 14.1. The molecule has 0 radical (unpaired) electrons. The highest BCUT2D eigenvalue weighted by atomic mass is 32.3. The zero-order valence-corrected chi connectivity index (χ0v) is 21.4. The summed E-state index contributed by atoms with van der Waals surface area (Å²) >= 11 is 0. The van der Waals surface area contributed by atoms with Crippen molar-refractivity contribution in [3.8, 4) is 0 Å². The average molecular weight is 479 g/mol. The molecule has 1 saturated heterocycles. The van der Waals surface area contributed by atoms with Gasteiger partial charge in [0.1, 0.15) is 18.2 Å². The first-order valence-corrected chi connectivity index (χ1v) is 14.5.